The lowest BCUT2D eigenvalue weighted by molar-refractivity contribution is 0.105. The van der Waals surface area contributed by atoms with Crippen LogP contribution in [0.15, 0.2) is 18.2 Å². The fourth-order valence-corrected chi connectivity index (χ4v) is 4.05. The van der Waals surface area contributed by atoms with Gasteiger partial charge in [0.25, 0.3) is 0 Å². The molecule has 1 saturated heterocycles. The Morgan fingerprint density at radius 2 is 2.05 bits per heavy atom. The number of likely N-dealkylation sites (tertiary alicyclic amines) is 1. The van der Waals surface area contributed by atoms with E-state index in [2.05, 4.69) is 4.90 Å². The second-order valence-corrected chi connectivity index (χ2v) is 6.32. The summed E-state index contributed by atoms with van der Waals surface area (Å²) in [5.74, 6) is 1.69. The maximum Gasteiger partial charge on any atom is 0.488 e. The SMILES string of the molecule is COc1ccc(B(O)O)cc1CN1CCCC2CCCC21. The highest BCUT2D eigenvalue weighted by Crippen LogP contribution is 2.37. The molecule has 1 heterocycles. The van der Waals surface area contributed by atoms with E-state index in [1.54, 1.807) is 13.2 Å². The Balaban J connectivity index is 1.81. The van der Waals surface area contributed by atoms with E-state index in [0.717, 1.165) is 30.3 Å². The zero-order valence-electron chi connectivity index (χ0n) is 12.7. The second-order valence-electron chi connectivity index (χ2n) is 6.32. The number of nitrogens with zero attached hydrogens (tertiary/aromatic N) is 1. The van der Waals surface area contributed by atoms with Crippen molar-refractivity contribution in [3.63, 3.8) is 0 Å². The fraction of sp³-hybridized carbons (Fsp3) is 0.625. The third kappa shape index (κ3) is 3.10. The van der Waals surface area contributed by atoms with E-state index in [1.807, 2.05) is 12.1 Å². The third-order valence-corrected chi connectivity index (χ3v) is 5.08. The number of ether oxygens (including phenoxy) is 1. The van der Waals surface area contributed by atoms with Crippen molar-refractivity contribution in [2.75, 3.05) is 13.7 Å². The smallest absolute Gasteiger partial charge is 0.488 e. The van der Waals surface area contributed by atoms with Gasteiger partial charge in [0.1, 0.15) is 5.75 Å². The molecule has 0 aromatic heterocycles. The summed E-state index contributed by atoms with van der Waals surface area (Å²) in [6.45, 7) is 1.97. The molecule has 1 aromatic carbocycles. The summed E-state index contributed by atoms with van der Waals surface area (Å²) in [6.07, 6.45) is 6.65. The van der Waals surface area contributed by atoms with Gasteiger partial charge in [-0.15, -0.1) is 0 Å². The molecule has 4 nitrogen and oxygen atoms in total. The summed E-state index contributed by atoms with van der Waals surface area (Å²) < 4.78 is 5.44. The van der Waals surface area contributed by atoms with Crippen molar-refractivity contribution in [1.82, 2.24) is 4.90 Å². The standard InChI is InChI=1S/C16H24BNO3/c1-21-16-8-7-14(17(19)20)10-13(16)11-18-9-3-5-12-4-2-6-15(12)18/h7-8,10,12,15,19-20H,2-6,9,11H2,1H3. The summed E-state index contributed by atoms with van der Waals surface area (Å²) in [4.78, 5) is 2.56. The molecule has 2 N–H and O–H groups in total. The lowest BCUT2D eigenvalue weighted by Gasteiger charge is -2.38. The second kappa shape index (κ2) is 6.38. The minimum absolute atomic E-state index is 0.533. The Bertz CT molecular complexity index is 494. The van der Waals surface area contributed by atoms with Crippen molar-refractivity contribution < 1.29 is 14.8 Å². The predicted octanol–water partition coefficient (Wildman–Crippen LogP) is 1.14. The van der Waals surface area contributed by atoms with Gasteiger partial charge in [0.15, 0.2) is 0 Å². The molecule has 0 spiro atoms. The quantitative estimate of drug-likeness (QED) is 0.816. The maximum atomic E-state index is 9.37. The first-order valence-corrected chi connectivity index (χ1v) is 7.96. The molecule has 114 valence electrons. The summed E-state index contributed by atoms with van der Waals surface area (Å²) in [6, 6.07) is 6.11. The van der Waals surface area contributed by atoms with Crippen LogP contribution in [0.2, 0.25) is 0 Å². The van der Waals surface area contributed by atoms with Gasteiger partial charge in [-0.2, -0.15) is 0 Å². The molecule has 1 aromatic rings. The van der Waals surface area contributed by atoms with Crippen LogP contribution < -0.4 is 10.2 Å². The van der Waals surface area contributed by atoms with Crippen molar-refractivity contribution in [3.05, 3.63) is 23.8 Å². The van der Waals surface area contributed by atoms with Gasteiger partial charge >= 0.3 is 7.12 Å². The van der Waals surface area contributed by atoms with Crippen LogP contribution in [-0.4, -0.2) is 41.8 Å². The molecule has 0 amide bonds. The van der Waals surface area contributed by atoms with Crippen LogP contribution in [0.4, 0.5) is 0 Å². The zero-order chi connectivity index (χ0) is 14.8. The highest BCUT2D eigenvalue weighted by atomic mass is 16.5. The highest BCUT2D eigenvalue weighted by Gasteiger charge is 2.35. The Hall–Kier alpha value is -1.04. The van der Waals surface area contributed by atoms with Crippen molar-refractivity contribution in [2.45, 2.75) is 44.7 Å². The average Bonchev–Trinajstić information content (AvgIpc) is 2.96. The topological polar surface area (TPSA) is 52.9 Å². The molecule has 3 rings (SSSR count). The van der Waals surface area contributed by atoms with Crippen LogP contribution in [0, 0.1) is 5.92 Å². The van der Waals surface area contributed by atoms with Gasteiger partial charge in [0.2, 0.25) is 0 Å². The van der Waals surface area contributed by atoms with Crippen LogP contribution >= 0.6 is 0 Å². The van der Waals surface area contributed by atoms with E-state index in [4.69, 9.17) is 4.74 Å². The van der Waals surface area contributed by atoms with Gasteiger partial charge < -0.3 is 14.8 Å². The predicted molar refractivity (Wildman–Crippen MR) is 83.6 cm³/mol. The van der Waals surface area contributed by atoms with Crippen LogP contribution in [0.5, 0.6) is 5.75 Å². The first-order valence-electron chi connectivity index (χ1n) is 7.96. The average molecular weight is 289 g/mol. The maximum absolute atomic E-state index is 9.37. The number of piperidine rings is 1. The minimum Gasteiger partial charge on any atom is -0.496 e. The number of hydrogen-bond acceptors (Lipinski definition) is 4. The molecule has 0 bridgehead atoms. The monoisotopic (exact) mass is 289 g/mol. The Morgan fingerprint density at radius 3 is 2.81 bits per heavy atom. The molecule has 5 heteroatoms. The largest absolute Gasteiger partial charge is 0.496 e. The third-order valence-electron chi connectivity index (χ3n) is 5.08. The molecule has 2 fully saturated rings. The van der Waals surface area contributed by atoms with Crippen molar-refractivity contribution in [1.29, 1.82) is 0 Å². The van der Waals surface area contributed by atoms with Crippen molar-refractivity contribution in [2.24, 2.45) is 5.92 Å². The molecule has 2 atom stereocenters. The van der Waals surface area contributed by atoms with Crippen LogP contribution in [0.25, 0.3) is 0 Å². The number of hydrogen-bond donors (Lipinski definition) is 2. The normalized spacial score (nSPS) is 25.7. The molecule has 1 aliphatic carbocycles. The van der Waals surface area contributed by atoms with E-state index in [1.165, 1.54) is 32.1 Å². The van der Waals surface area contributed by atoms with E-state index in [9.17, 15) is 10.0 Å². The summed E-state index contributed by atoms with van der Waals surface area (Å²) >= 11 is 0. The molecule has 1 aliphatic heterocycles. The van der Waals surface area contributed by atoms with Gasteiger partial charge in [0.05, 0.1) is 7.11 Å². The van der Waals surface area contributed by atoms with E-state index in [0.29, 0.717) is 11.5 Å². The van der Waals surface area contributed by atoms with Gasteiger partial charge in [0, 0.05) is 18.2 Å². The number of rotatable bonds is 4. The first kappa shape index (κ1) is 14.9. The van der Waals surface area contributed by atoms with Gasteiger partial charge in [-0.3, -0.25) is 4.90 Å². The lowest BCUT2D eigenvalue weighted by Crippen LogP contribution is -2.42. The van der Waals surface area contributed by atoms with Gasteiger partial charge in [-0.05, 0) is 49.7 Å². The first-order chi connectivity index (χ1) is 10.2. The van der Waals surface area contributed by atoms with Crippen LogP contribution in [0.3, 0.4) is 0 Å². The number of fused-ring (bicyclic) bond motifs is 1. The molecular weight excluding hydrogens is 265 g/mol. The summed E-state index contributed by atoms with van der Waals surface area (Å²) in [5, 5.41) is 18.7. The van der Waals surface area contributed by atoms with E-state index < -0.39 is 7.12 Å². The minimum atomic E-state index is -1.42. The fourth-order valence-electron chi connectivity index (χ4n) is 4.05. The molecular formula is C16H24BNO3. The Morgan fingerprint density at radius 1 is 1.24 bits per heavy atom. The van der Waals surface area contributed by atoms with E-state index >= 15 is 0 Å². The number of benzene rings is 1. The lowest BCUT2D eigenvalue weighted by atomic mass is 9.79. The van der Waals surface area contributed by atoms with Crippen molar-refractivity contribution in [3.8, 4) is 5.75 Å². The van der Waals surface area contributed by atoms with Gasteiger partial charge in [-0.25, -0.2) is 0 Å². The molecule has 2 aliphatic rings. The zero-order valence-corrected chi connectivity index (χ0v) is 12.7. The van der Waals surface area contributed by atoms with Crippen LogP contribution in [-0.2, 0) is 6.54 Å². The highest BCUT2D eigenvalue weighted by molar-refractivity contribution is 6.58. The summed E-state index contributed by atoms with van der Waals surface area (Å²) in [7, 11) is 0.248. The molecule has 0 radical (unpaired) electrons. The molecule has 1 saturated carbocycles. The molecule has 21 heavy (non-hydrogen) atoms. The van der Waals surface area contributed by atoms with Crippen LogP contribution in [0.1, 0.15) is 37.7 Å². The summed E-state index contributed by atoms with van der Waals surface area (Å²) in [5.41, 5.74) is 1.58. The Kier molecular flexibility index (Phi) is 4.52. The number of methoxy groups -OCH3 is 1. The van der Waals surface area contributed by atoms with Crippen molar-refractivity contribution >= 4 is 12.6 Å². The Labute approximate surface area is 126 Å². The van der Waals surface area contributed by atoms with Gasteiger partial charge in [-0.1, -0.05) is 18.6 Å². The molecule has 2 unspecified atom stereocenters. The van der Waals surface area contributed by atoms with E-state index in [-0.39, 0.29) is 0 Å².